The summed E-state index contributed by atoms with van der Waals surface area (Å²) in [6.07, 6.45) is 1.28. The first-order valence-electron chi connectivity index (χ1n) is 8.64. The first kappa shape index (κ1) is 19.0. The van der Waals surface area contributed by atoms with E-state index in [1.807, 2.05) is 24.3 Å². The van der Waals surface area contributed by atoms with Crippen molar-refractivity contribution in [3.05, 3.63) is 58.6 Å². The van der Waals surface area contributed by atoms with Gasteiger partial charge in [-0.25, -0.2) is 4.79 Å². The van der Waals surface area contributed by atoms with Gasteiger partial charge in [-0.05, 0) is 54.3 Å². The van der Waals surface area contributed by atoms with Gasteiger partial charge in [-0.3, -0.25) is 4.79 Å². The molecule has 27 heavy (non-hydrogen) atoms. The van der Waals surface area contributed by atoms with Crippen LogP contribution in [-0.2, 0) is 22.4 Å². The van der Waals surface area contributed by atoms with E-state index in [2.05, 4.69) is 5.32 Å². The number of carbonyl (C=O) groups excluding carboxylic acids is 1. The van der Waals surface area contributed by atoms with E-state index in [1.165, 1.54) is 0 Å². The van der Waals surface area contributed by atoms with Gasteiger partial charge in [-0.1, -0.05) is 23.7 Å². The minimum absolute atomic E-state index is 0.0398. The number of rotatable bonds is 7. The van der Waals surface area contributed by atoms with Crippen LogP contribution >= 0.6 is 11.6 Å². The van der Waals surface area contributed by atoms with E-state index in [-0.39, 0.29) is 18.4 Å². The number of ether oxygens (including phenoxy) is 2. The maximum absolute atomic E-state index is 12.4. The highest BCUT2D eigenvalue weighted by molar-refractivity contribution is 6.30. The summed E-state index contributed by atoms with van der Waals surface area (Å²) >= 11 is 6.01. The molecule has 0 aromatic heterocycles. The normalized spacial score (nSPS) is 15.4. The van der Waals surface area contributed by atoms with Crippen LogP contribution in [-0.4, -0.2) is 36.7 Å². The molecule has 0 saturated heterocycles. The Hall–Kier alpha value is -2.73. The van der Waals surface area contributed by atoms with Crippen LogP contribution in [0.15, 0.2) is 42.5 Å². The monoisotopic (exact) mass is 389 g/mol. The molecule has 2 aromatic rings. The largest absolute Gasteiger partial charge is 0.492 e. The van der Waals surface area contributed by atoms with Crippen LogP contribution < -0.4 is 14.8 Å². The number of carboxylic acid groups (broad SMARTS) is 1. The Morgan fingerprint density at radius 1 is 1.22 bits per heavy atom. The summed E-state index contributed by atoms with van der Waals surface area (Å²) in [6, 6.07) is 12.6. The summed E-state index contributed by atoms with van der Waals surface area (Å²) in [5.41, 5.74) is 1.97. The molecule has 1 atom stereocenters. The van der Waals surface area contributed by atoms with Crippen molar-refractivity contribution in [1.82, 2.24) is 5.32 Å². The van der Waals surface area contributed by atoms with Crippen molar-refractivity contribution in [1.29, 1.82) is 0 Å². The van der Waals surface area contributed by atoms with E-state index in [9.17, 15) is 9.59 Å². The number of hydrogen-bond donors (Lipinski definition) is 2. The maximum atomic E-state index is 12.4. The zero-order valence-corrected chi connectivity index (χ0v) is 15.4. The topological polar surface area (TPSA) is 84.9 Å². The van der Waals surface area contributed by atoms with Crippen molar-refractivity contribution in [3.8, 4) is 11.5 Å². The molecule has 3 rings (SSSR count). The summed E-state index contributed by atoms with van der Waals surface area (Å²) in [7, 11) is 0. The molecule has 1 amide bonds. The third-order valence-corrected chi connectivity index (χ3v) is 4.53. The van der Waals surface area contributed by atoms with Crippen LogP contribution in [0.3, 0.4) is 0 Å². The molecule has 1 aliphatic heterocycles. The van der Waals surface area contributed by atoms with Crippen molar-refractivity contribution in [2.45, 2.75) is 12.8 Å². The molecular weight excluding hydrogens is 370 g/mol. The first-order chi connectivity index (χ1) is 13.0. The number of fused-ring (bicyclic) bond motifs is 1. The van der Waals surface area contributed by atoms with Gasteiger partial charge in [0.15, 0.2) is 6.61 Å². The molecule has 2 aromatic carbocycles. The van der Waals surface area contributed by atoms with Crippen molar-refractivity contribution in [2.24, 2.45) is 5.92 Å². The Balaban J connectivity index is 1.45. The molecular formula is C20H20ClNO5. The molecule has 1 heterocycles. The molecule has 7 heteroatoms. The van der Waals surface area contributed by atoms with Crippen molar-refractivity contribution < 1.29 is 24.2 Å². The van der Waals surface area contributed by atoms with Gasteiger partial charge in [-0.15, -0.1) is 0 Å². The molecule has 0 saturated carbocycles. The second kappa shape index (κ2) is 8.77. The predicted octanol–water partition coefficient (Wildman–Crippen LogP) is 2.71. The molecule has 0 bridgehead atoms. The quantitative estimate of drug-likeness (QED) is 0.760. The Morgan fingerprint density at radius 3 is 2.74 bits per heavy atom. The van der Waals surface area contributed by atoms with E-state index in [0.29, 0.717) is 36.8 Å². The number of halogens is 1. The van der Waals surface area contributed by atoms with Gasteiger partial charge in [0, 0.05) is 11.6 Å². The summed E-state index contributed by atoms with van der Waals surface area (Å²) in [4.78, 5) is 22.9. The highest BCUT2D eigenvalue weighted by Gasteiger charge is 2.25. The second-order valence-corrected chi connectivity index (χ2v) is 6.77. The lowest BCUT2D eigenvalue weighted by atomic mass is 9.96. The minimum atomic E-state index is -1.02. The summed E-state index contributed by atoms with van der Waals surface area (Å²) in [5, 5.41) is 12.2. The highest BCUT2D eigenvalue weighted by atomic mass is 35.5. The van der Waals surface area contributed by atoms with Gasteiger partial charge < -0.3 is 19.9 Å². The molecule has 0 fully saturated rings. The van der Waals surface area contributed by atoms with Crippen LogP contribution in [0.4, 0.5) is 0 Å². The zero-order valence-electron chi connectivity index (χ0n) is 14.6. The smallest absolute Gasteiger partial charge is 0.341 e. The minimum Gasteiger partial charge on any atom is -0.492 e. The number of carbonyl (C=O) groups is 2. The van der Waals surface area contributed by atoms with E-state index in [4.69, 9.17) is 26.2 Å². The summed E-state index contributed by atoms with van der Waals surface area (Å²) in [5.74, 6) is -0.00121. The lowest BCUT2D eigenvalue weighted by Crippen LogP contribution is -2.38. The van der Waals surface area contributed by atoms with Crippen LogP contribution in [0.2, 0.25) is 5.02 Å². The fourth-order valence-electron chi connectivity index (χ4n) is 2.90. The van der Waals surface area contributed by atoms with Crippen LogP contribution in [0.25, 0.3) is 0 Å². The standard InChI is InChI=1S/C20H20ClNO5/c21-16-3-6-18-14(10-16)9-15(11-27-18)20(25)22-8-7-13-1-4-17(5-2-13)26-12-19(23)24/h1-6,10,15H,7-9,11-12H2,(H,22,25)(H,23,24). The lowest BCUT2D eigenvalue weighted by Gasteiger charge is -2.24. The van der Waals surface area contributed by atoms with Gasteiger partial charge in [0.1, 0.15) is 18.1 Å². The number of carboxylic acids is 1. The molecule has 1 unspecified atom stereocenters. The van der Waals surface area contributed by atoms with Crippen molar-refractivity contribution >= 4 is 23.5 Å². The SMILES string of the molecule is O=C(O)COc1ccc(CCNC(=O)C2COc3ccc(Cl)cc3C2)cc1. The first-order valence-corrected chi connectivity index (χ1v) is 9.01. The summed E-state index contributed by atoms with van der Waals surface area (Å²) in [6.45, 7) is 0.496. The Kier molecular flexibility index (Phi) is 6.19. The van der Waals surface area contributed by atoms with Gasteiger partial charge in [0.2, 0.25) is 5.91 Å². The van der Waals surface area contributed by atoms with Gasteiger partial charge in [0.05, 0.1) is 5.92 Å². The third-order valence-electron chi connectivity index (χ3n) is 4.30. The van der Waals surface area contributed by atoms with Crippen LogP contribution in [0.1, 0.15) is 11.1 Å². The van der Waals surface area contributed by atoms with Gasteiger partial charge in [-0.2, -0.15) is 0 Å². The molecule has 142 valence electrons. The van der Waals surface area contributed by atoms with Crippen LogP contribution in [0.5, 0.6) is 11.5 Å². The molecule has 2 N–H and O–H groups in total. The van der Waals surface area contributed by atoms with Crippen molar-refractivity contribution in [3.63, 3.8) is 0 Å². The molecule has 0 aliphatic carbocycles. The number of hydrogen-bond acceptors (Lipinski definition) is 4. The lowest BCUT2D eigenvalue weighted by molar-refractivity contribution is -0.139. The average Bonchev–Trinajstić information content (AvgIpc) is 2.66. The van der Waals surface area contributed by atoms with E-state index >= 15 is 0 Å². The highest BCUT2D eigenvalue weighted by Crippen LogP contribution is 2.29. The van der Waals surface area contributed by atoms with Crippen LogP contribution in [0, 0.1) is 5.92 Å². The molecule has 1 aliphatic rings. The van der Waals surface area contributed by atoms with Crippen molar-refractivity contribution in [2.75, 3.05) is 19.8 Å². The van der Waals surface area contributed by atoms with E-state index < -0.39 is 5.97 Å². The van der Waals surface area contributed by atoms with E-state index in [0.717, 1.165) is 16.9 Å². The van der Waals surface area contributed by atoms with Gasteiger partial charge >= 0.3 is 5.97 Å². The van der Waals surface area contributed by atoms with Gasteiger partial charge in [0.25, 0.3) is 0 Å². The molecule has 0 spiro atoms. The molecule has 0 radical (unpaired) electrons. The number of nitrogens with one attached hydrogen (secondary N) is 1. The summed E-state index contributed by atoms with van der Waals surface area (Å²) < 4.78 is 10.7. The predicted molar refractivity (Wildman–Crippen MR) is 100 cm³/mol. The maximum Gasteiger partial charge on any atom is 0.341 e. The fraction of sp³-hybridized carbons (Fsp3) is 0.300. The Labute approximate surface area is 162 Å². The molecule has 6 nitrogen and oxygen atoms in total. The zero-order chi connectivity index (χ0) is 19.2. The fourth-order valence-corrected chi connectivity index (χ4v) is 3.10. The Bertz CT molecular complexity index is 822. The van der Waals surface area contributed by atoms with E-state index in [1.54, 1.807) is 18.2 Å². The third kappa shape index (κ3) is 5.37. The Morgan fingerprint density at radius 2 is 2.00 bits per heavy atom. The number of aliphatic carboxylic acids is 1. The second-order valence-electron chi connectivity index (χ2n) is 6.33. The average molecular weight is 390 g/mol. The number of amides is 1. The number of benzene rings is 2.